The van der Waals surface area contributed by atoms with Gasteiger partial charge < -0.3 is 4.74 Å². The molecule has 0 aliphatic rings. The number of hydrogen-bond acceptors (Lipinski definition) is 4. The fourth-order valence-electron chi connectivity index (χ4n) is 1.93. The smallest absolute Gasteiger partial charge is 0.330 e. The highest BCUT2D eigenvalue weighted by atomic mass is 16.5. The van der Waals surface area contributed by atoms with E-state index in [-0.39, 0.29) is 5.97 Å². The molecule has 1 aromatic carbocycles. The summed E-state index contributed by atoms with van der Waals surface area (Å²) in [7, 11) is 0. The van der Waals surface area contributed by atoms with Crippen LogP contribution in [0.25, 0.3) is 17.7 Å². The topological polar surface area (TPSA) is 63.0 Å². The summed E-state index contributed by atoms with van der Waals surface area (Å²) in [6, 6.07) is 13.3. The van der Waals surface area contributed by atoms with Gasteiger partial charge in [-0.3, -0.25) is 4.98 Å². The molecule has 0 fully saturated rings. The minimum atomic E-state index is -0.369. The largest absolute Gasteiger partial charge is 0.463 e. The second-order valence-electron chi connectivity index (χ2n) is 4.66. The Labute approximate surface area is 135 Å². The molecule has 0 saturated heterocycles. The Morgan fingerprint density at radius 2 is 1.87 bits per heavy atom. The SMILES string of the molecule is CCOC(=O)/C=C/c1ccc(/C(C#N)=C/c2ccncc2)cc1. The average Bonchev–Trinajstić information content (AvgIpc) is 2.59. The van der Waals surface area contributed by atoms with E-state index in [0.717, 1.165) is 16.7 Å². The van der Waals surface area contributed by atoms with Crippen molar-refractivity contribution in [2.75, 3.05) is 6.61 Å². The van der Waals surface area contributed by atoms with E-state index < -0.39 is 0 Å². The Morgan fingerprint density at radius 1 is 1.17 bits per heavy atom. The lowest BCUT2D eigenvalue weighted by molar-refractivity contribution is -0.137. The van der Waals surface area contributed by atoms with E-state index in [9.17, 15) is 10.1 Å². The zero-order chi connectivity index (χ0) is 16.5. The lowest BCUT2D eigenvalue weighted by Crippen LogP contribution is -1.98. The quantitative estimate of drug-likeness (QED) is 0.480. The summed E-state index contributed by atoms with van der Waals surface area (Å²) in [4.78, 5) is 15.2. The average molecular weight is 304 g/mol. The van der Waals surface area contributed by atoms with Crippen molar-refractivity contribution in [2.24, 2.45) is 0 Å². The molecule has 2 aromatic rings. The molecule has 0 radical (unpaired) electrons. The highest BCUT2D eigenvalue weighted by Gasteiger charge is 2.01. The summed E-state index contributed by atoms with van der Waals surface area (Å²) in [5.41, 5.74) is 3.17. The second-order valence-corrected chi connectivity index (χ2v) is 4.66. The third kappa shape index (κ3) is 4.94. The van der Waals surface area contributed by atoms with Crippen molar-refractivity contribution in [2.45, 2.75) is 6.92 Å². The molecule has 0 unspecified atom stereocenters. The molecule has 0 atom stereocenters. The maximum absolute atomic E-state index is 11.3. The molecule has 0 amide bonds. The molecule has 0 bridgehead atoms. The number of benzene rings is 1. The Bertz CT molecular complexity index is 754. The minimum absolute atomic E-state index is 0.355. The second kappa shape index (κ2) is 8.30. The number of nitrogens with zero attached hydrogens (tertiary/aromatic N) is 2. The van der Waals surface area contributed by atoms with Gasteiger partial charge in [-0.05, 0) is 47.9 Å². The molecule has 1 heterocycles. The molecular formula is C19H16N2O2. The van der Waals surface area contributed by atoms with Crippen LogP contribution < -0.4 is 0 Å². The first kappa shape index (κ1) is 16.2. The summed E-state index contributed by atoms with van der Waals surface area (Å²) in [6.45, 7) is 2.12. The zero-order valence-corrected chi connectivity index (χ0v) is 12.8. The minimum Gasteiger partial charge on any atom is -0.463 e. The van der Waals surface area contributed by atoms with Crippen LogP contribution in [0.4, 0.5) is 0 Å². The van der Waals surface area contributed by atoms with Gasteiger partial charge in [0, 0.05) is 18.5 Å². The predicted octanol–water partition coefficient (Wildman–Crippen LogP) is 3.72. The standard InChI is InChI=1S/C19H16N2O2/c1-2-23-19(22)8-5-15-3-6-17(7-4-15)18(14-20)13-16-9-11-21-12-10-16/h3-13H,2H2,1H3/b8-5+,18-13+. The van der Waals surface area contributed by atoms with Crippen molar-refractivity contribution in [1.29, 1.82) is 5.26 Å². The van der Waals surface area contributed by atoms with E-state index >= 15 is 0 Å². The monoisotopic (exact) mass is 304 g/mol. The van der Waals surface area contributed by atoms with Crippen molar-refractivity contribution in [3.05, 3.63) is 71.6 Å². The van der Waals surface area contributed by atoms with Crippen LogP contribution in [0.15, 0.2) is 54.9 Å². The third-order valence-electron chi connectivity index (χ3n) is 3.06. The molecule has 1 aromatic heterocycles. The molecule has 23 heavy (non-hydrogen) atoms. The van der Waals surface area contributed by atoms with Gasteiger partial charge in [-0.15, -0.1) is 0 Å². The predicted molar refractivity (Wildman–Crippen MR) is 89.8 cm³/mol. The number of nitriles is 1. The summed E-state index contributed by atoms with van der Waals surface area (Å²) in [5.74, 6) is -0.369. The van der Waals surface area contributed by atoms with Crippen LogP contribution in [0.5, 0.6) is 0 Å². The Balaban J connectivity index is 2.16. The van der Waals surface area contributed by atoms with Gasteiger partial charge in [-0.1, -0.05) is 24.3 Å². The summed E-state index contributed by atoms with van der Waals surface area (Å²) in [6.07, 6.45) is 8.25. The molecule has 2 rings (SSSR count). The van der Waals surface area contributed by atoms with E-state index in [1.165, 1.54) is 6.08 Å². The van der Waals surface area contributed by atoms with Crippen LogP contribution >= 0.6 is 0 Å². The highest BCUT2D eigenvalue weighted by Crippen LogP contribution is 2.18. The molecule has 114 valence electrons. The summed E-state index contributed by atoms with van der Waals surface area (Å²) in [5, 5.41) is 9.34. The van der Waals surface area contributed by atoms with E-state index in [1.54, 1.807) is 25.4 Å². The first-order chi connectivity index (χ1) is 11.2. The summed E-state index contributed by atoms with van der Waals surface area (Å²) < 4.78 is 4.83. The molecule has 0 spiro atoms. The maximum Gasteiger partial charge on any atom is 0.330 e. The highest BCUT2D eigenvalue weighted by molar-refractivity contribution is 5.90. The number of esters is 1. The number of carbonyl (C=O) groups is 1. The molecule has 0 aliphatic heterocycles. The number of aromatic nitrogens is 1. The Morgan fingerprint density at radius 3 is 2.48 bits per heavy atom. The van der Waals surface area contributed by atoms with Gasteiger partial charge in [0.15, 0.2) is 0 Å². The number of carbonyl (C=O) groups excluding carboxylic acids is 1. The Kier molecular flexibility index (Phi) is 5.84. The first-order valence-electron chi connectivity index (χ1n) is 7.20. The fourth-order valence-corrected chi connectivity index (χ4v) is 1.93. The van der Waals surface area contributed by atoms with Gasteiger partial charge in [0.05, 0.1) is 18.2 Å². The third-order valence-corrected chi connectivity index (χ3v) is 3.06. The first-order valence-corrected chi connectivity index (χ1v) is 7.20. The van der Waals surface area contributed by atoms with Crippen molar-refractivity contribution in [1.82, 2.24) is 4.98 Å². The van der Waals surface area contributed by atoms with Gasteiger partial charge in [-0.25, -0.2) is 4.79 Å². The zero-order valence-electron chi connectivity index (χ0n) is 12.8. The molecule has 0 N–H and O–H groups in total. The van der Waals surface area contributed by atoms with Gasteiger partial charge >= 0.3 is 5.97 Å². The van der Waals surface area contributed by atoms with Crippen LogP contribution in [0.3, 0.4) is 0 Å². The summed E-state index contributed by atoms with van der Waals surface area (Å²) >= 11 is 0. The van der Waals surface area contributed by atoms with Crippen LogP contribution in [-0.2, 0) is 9.53 Å². The van der Waals surface area contributed by atoms with Gasteiger partial charge in [-0.2, -0.15) is 5.26 Å². The van der Waals surface area contributed by atoms with Crippen molar-refractivity contribution in [3.8, 4) is 6.07 Å². The number of hydrogen-bond donors (Lipinski definition) is 0. The van der Waals surface area contributed by atoms with Crippen molar-refractivity contribution < 1.29 is 9.53 Å². The van der Waals surface area contributed by atoms with Crippen LogP contribution in [0, 0.1) is 11.3 Å². The normalized spacial score (nSPS) is 11.2. The number of rotatable bonds is 5. The molecular weight excluding hydrogens is 288 g/mol. The number of ether oxygens (including phenoxy) is 1. The van der Waals surface area contributed by atoms with Gasteiger partial charge in [0.1, 0.15) is 0 Å². The van der Waals surface area contributed by atoms with Crippen LogP contribution in [-0.4, -0.2) is 17.6 Å². The van der Waals surface area contributed by atoms with E-state index in [0.29, 0.717) is 12.2 Å². The molecule has 4 heteroatoms. The molecule has 0 aliphatic carbocycles. The van der Waals surface area contributed by atoms with Gasteiger partial charge in [0.25, 0.3) is 0 Å². The maximum atomic E-state index is 11.3. The lowest BCUT2D eigenvalue weighted by atomic mass is 10.0. The molecule has 0 saturated carbocycles. The van der Waals surface area contributed by atoms with Crippen molar-refractivity contribution in [3.63, 3.8) is 0 Å². The van der Waals surface area contributed by atoms with Crippen LogP contribution in [0.2, 0.25) is 0 Å². The van der Waals surface area contributed by atoms with E-state index in [2.05, 4.69) is 11.1 Å². The number of pyridine rings is 1. The Hall–Kier alpha value is -3.19. The number of allylic oxidation sites excluding steroid dienone is 1. The van der Waals surface area contributed by atoms with E-state index in [4.69, 9.17) is 4.74 Å². The lowest BCUT2D eigenvalue weighted by Gasteiger charge is -2.01. The van der Waals surface area contributed by atoms with Crippen LogP contribution in [0.1, 0.15) is 23.6 Å². The van der Waals surface area contributed by atoms with Gasteiger partial charge in [0.2, 0.25) is 0 Å². The van der Waals surface area contributed by atoms with Crippen molar-refractivity contribution >= 4 is 23.7 Å². The van der Waals surface area contributed by atoms with E-state index in [1.807, 2.05) is 42.5 Å². The molecule has 4 nitrogen and oxygen atoms in total. The fraction of sp³-hybridized carbons (Fsp3) is 0.105.